The van der Waals surface area contributed by atoms with E-state index in [2.05, 4.69) is 17.4 Å². The molecule has 0 bridgehead atoms. The van der Waals surface area contributed by atoms with Crippen LogP contribution < -0.4 is 5.32 Å². The molecule has 4 rings (SSSR count). The minimum atomic E-state index is -0.405. The van der Waals surface area contributed by atoms with E-state index >= 15 is 0 Å². The Morgan fingerprint density at radius 3 is 2.17 bits per heavy atom. The molecule has 2 aromatic rings. The largest absolute Gasteiger partial charge is 0.460 e. The highest BCUT2D eigenvalue weighted by Gasteiger charge is 2.41. The van der Waals surface area contributed by atoms with E-state index in [1.54, 1.807) is 0 Å². The molecular formula is C26H27NO3. The van der Waals surface area contributed by atoms with Crippen molar-refractivity contribution in [3.63, 3.8) is 0 Å². The van der Waals surface area contributed by atoms with E-state index in [1.165, 1.54) is 5.56 Å². The Bertz CT molecular complexity index is 1020. The summed E-state index contributed by atoms with van der Waals surface area (Å²) in [5.41, 5.74) is 5.02. The van der Waals surface area contributed by atoms with Gasteiger partial charge in [0.2, 0.25) is 0 Å². The summed E-state index contributed by atoms with van der Waals surface area (Å²) in [5, 5.41) is 3.39. The van der Waals surface area contributed by atoms with Gasteiger partial charge in [-0.2, -0.15) is 0 Å². The van der Waals surface area contributed by atoms with Gasteiger partial charge < -0.3 is 10.1 Å². The van der Waals surface area contributed by atoms with Crippen molar-refractivity contribution in [3.05, 3.63) is 94.3 Å². The van der Waals surface area contributed by atoms with Gasteiger partial charge in [-0.05, 0) is 44.2 Å². The molecule has 0 spiro atoms. The summed E-state index contributed by atoms with van der Waals surface area (Å²) in [6.45, 7) is 5.57. The lowest BCUT2D eigenvalue weighted by Crippen LogP contribution is -2.36. The van der Waals surface area contributed by atoms with Gasteiger partial charge >= 0.3 is 5.97 Å². The average Bonchev–Trinajstić information content (AvgIpc) is 2.73. The molecule has 2 atom stereocenters. The van der Waals surface area contributed by atoms with Gasteiger partial charge in [-0.1, -0.05) is 60.7 Å². The topological polar surface area (TPSA) is 55.4 Å². The van der Waals surface area contributed by atoms with Crippen LogP contribution in [-0.4, -0.2) is 17.9 Å². The summed E-state index contributed by atoms with van der Waals surface area (Å²) < 4.78 is 5.55. The molecule has 154 valence electrons. The summed E-state index contributed by atoms with van der Waals surface area (Å²) in [6.07, 6.45) is 0.964. The molecule has 2 aromatic carbocycles. The number of ether oxygens (including phenoxy) is 1. The van der Waals surface area contributed by atoms with Gasteiger partial charge in [-0.25, -0.2) is 4.79 Å². The van der Waals surface area contributed by atoms with Crippen LogP contribution in [0, 0.1) is 0 Å². The van der Waals surface area contributed by atoms with Gasteiger partial charge in [-0.15, -0.1) is 0 Å². The van der Waals surface area contributed by atoms with E-state index in [0.29, 0.717) is 17.6 Å². The fourth-order valence-electron chi connectivity index (χ4n) is 4.53. The van der Waals surface area contributed by atoms with Crippen LogP contribution in [0.3, 0.4) is 0 Å². The van der Waals surface area contributed by atoms with Crippen molar-refractivity contribution in [3.8, 4) is 0 Å². The number of hydrogen-bond donors (Lipinski definition) is 1. The van der Waals surface area contributed by atoms with Crippen LogP contribution in [0.5, 0.6) is 0 Å². The van der Waals surface area contributed by atoms with Crippen molar-refractivity contribution in [2.24, 2.45) is 0 Å². The van der Waals surface area contributed by atoms with Crippen LogP contribution in [0.25, 0.3) is 0 Å². The molecule has 30 heavy (non-hydrogen) atoms. The number of carbonyl (C=O) groups excluding carboxylic acids is 2. The Hall–Kier alpha value is -3.14. The monoisotopic (exact) mass is 401 g/mol. The summed E-state index contributed by atoms with van der Waals surface area (Å²) in [4.78, 5) is 26.4. The van der Waals surface area contributed by atoms with E-state index in [9.17, 15) is 9.59 Å². The fraction of sp³-hybridized carbons (Fsp3) is 0.308. The first-order valence-electron chi connectivity index (χ1n) is 10.5. The Kier molecular flexibility index (Phi) is 5.58. The van der Waals surface area contributed by atoms with Gasteiger partial charge in [0.15, 0.2) is 5.78 Å². The second-order valence-electron chi connectivity index (χ2n) is 8.29. The van der Waals surface area contributed by atoms with E-state index < -0.39 is 5.92 Å². The summed E-state index contributed by atoms with van der Waals surface area (Å²) in [5.74, 6) is -0.543. The van der Waals surface area contributed by atoms with E-state index in [0.717, 1.165) is 23.4 Å². The van der Waals surface area contributed by atoms with Crippen molar-refractivity contribution in [2.45, 2.75) is 51.6 Å². The Labute approximate surface area is 177 Å². The Morgan fingerprint density at radius 1 is 0.967 bits per heavy atom. The maximum absolute atomic E-state index is 13.4. The van der Waals surface area contributed by atoms with Crippen LogP contribution >= 0.6 is 0 Å². The smallest absolute Gasteiger partial charge is 0.337 e. The summed E-state index contributed by atoms with van der Waals surface area (Å²) in [7, 11) is 0. The molecule has 4 heteroatoms. The predicted molar refractivity (Wildman–Crippen MR) is 117 cm³/mol. The molecular weight excluding hydrogens is 374 g/mol. The minimum Gasteiger partial charge on any atom is -0.460 e. The van der Waals surface area contributed by atoms with Crippen LogP contribution in [0.2, 0.25) is 0 Å². The zero-order chi connectivity index (χ0) is 21.3. The molecule has 2 aliphatic rings. The summed E-state index contributed by atoms with van der Waals surface area (Å²) >= 11 is 0. The summed E-state index contributed by atoms with van der Waals surface area (Å²) in [6, 6.07) is 20.0. The normalized spacial score (nSPS) is 21.4. The van der Waals surface area contributed by atoms with Crippen molar-refractivity contribution in [1.29, 1.82) is 0 Å². The Morgan fingerprint density at radius 2 is 1.57 bits per heavy atom. The van der Waals surface area contributed by atoms with Crippen molar-refractivity contribution in [1.82, 2.24) is 5.32 Å². The highest BCUT2D eigenvalue weighted by Crippen LogP contribution is 2.45. The molecule has 1 N–H and O–H groups in total. The van der Waals surface area contributed by atoms with E-state index in [4.69, 9.17) is 4.74 Å². The molecule has 0 radical (unpaired) electrons. The van der Waals surface area contributed by atoms with Crippen molar-refractivity contribution in [2.75, 3.05) is 0 Å². The second-order valence-corrected chi connectivity index (χ2v) is 8.29. The number of hydrogen-bond acceptors (Lipinski definition) is 4. The highest BCUT2D eigenvalue weighted by molar-refractivity contribution is 6.04. The van der Waals surface area contributed by atoms with Crippen LogP contribution in [0.15, 0.2) is 83.2 Å². The number of nitrogens with one attached hydrogen (secondary N) is 1. The van der Waals surface area contributed by atoms with E-state index in [-0.39, 0.29) is 23.8 Å². The number of benzene rings is 2. The molecule has 0 saturated carbocycles. The lowest BCUT2D eigenvalue weighted by molar-refractivity contribution is -0.143. The van der Waals surface area contributed by atoms with Crippen molar-refractivity contribution < 1.29 is 14.3 Å². The minimum absolute atomic E-state index is 0.0915. The van der Waals surface area contributed by atoms with Gasteiger partial charge in [0.05, 0.1) is 11.7 Å². The molecule has 0 saturated heterocycles. The molecule has 1 aliphatic carbocycles. The van der Waals surface area contributed by atoms with Gasteiger partial charge in [0.25, 0.3) is 0 Å². The molecule has 0 fully saturated rings. The maximum atomic E-state index is 13.4. The SMILES string of the molecule is CC1=C(C(=O)OC(C)C)[C@@H](c2ccccc2)C2=C(C[C@@H](c3ccccc3)CC2=O)N1. The zero-order valence-electron chi connectivity index (χ0n) is 17.6. The number of carbonyl (C=O) groups is 2. The zero-order valence-corrected chi connectivity index (χ0v) is 17.6. The van der Waals surface area contributed by atoms with Gasteiger partial charge in [0, 0.05) is 29.3 Å². The molecule has 1 heterocycles. The number of dihydropyridines is 1. The van der Waals surface area contributed by atoms with Crippen LogP contribution in [0.4, 0.5) is 0 Å². The molecule has 0 amide bonds. The quantitative estimate of drug-likeness (QED) is 0.733. The number of ketones is 1. The Balaban J connectivity index is 1.78. The third-order valence-corrected chi connectivity index (χ3v) is 5.79. The average molecular weight is 402 g/mol. The molecule has 4 nitrogen and oxygen atoms in total. The van der Waals surface area contributed by atoms with Crippen LogP contribution in [0.1, 0.15) is 56.6 Å². The predicted octanol–water partition coefficient (Wildman–Crippen LogP) is 5.00. The lowest BCUT2D eigenvalue weighted by atomic mass is 9.72. The molecule has 1 aliphatic heterocycles. The number of allylic oxidation sites excluding steroid dienone is 3. The second kappa shape index (κ2) is 8.31. The molecule has 0 aromatic heterocycles. The first-order valence-corrected chi connectivity index (χ1v) is 10.5. The maximum Gasteiger partial charge on any atom is 0.337 e. The number of Topliss-reactive ketones (excluding diaryl/α,β-unsaturated/α-hetero) is 1. The number of rotatable bonds is 4. The van der Waals surface area contributed by atoms with Crippen molar-refractivity contribution >= 4 is 11.8 Å². The third kappa shape index (κ3) is 3.82. The standard InChI is InChI=1S/C26H27NO3/c1-16(2)30-26(29)23-17(3)27-21-14-20(18-10-6-4-7-11-18)15-22(28)25(21)24(23)19-12-8-5-9-13-19/h4-13,16,20,24,27H,14-15H2,1-3H3/t20-,24-/m1/s1. The van der Waals surface area contributed by atoms with Gasteiger partial charge in [0.1, 0.15) is 0 Å². The van der Waals surface area contributed by atoms with Crippen LogP contribution in [-0.2, 0) is 14.3 Å². The first-order chi connectivity index (χ1) is 14.5. The molecule has 0 unspecified atom stereocenters. The fourth-order valence-corrected chi connectivity index (χ4v) is 4.53. The highest BCUT2D eigenvalue weighted by atomic mass is 16.5. The third-order valence-electron chi connectivity index (χ3n) is 5.79. The lowest BCUT2D eigenvalue weighted by Gasteiger charge is -2.37. The van der Waals surface area contributed by atoms with E-state index in [1.807, 2.05) is 69.3 Å². The first kappa shape index (κ1) is 20.1. The number of esters is 1. The van der Waals surface area contributed by atoms with Gasteiger partial charge in [-0.3, -0.25) is 4.79 Å².